The monoisotopic (exact) mass is 450 g/mol. The fraction of sp³-hybridized carbons (Fsp3) is 0.286. The summed E-state index contributed by atoms with van der Waals surface area (Å²) in [6.07, 6.45) is -1.49. The normalized spacial score (nSPS) is 13.3. The van der Waals surface area contributed by atoms with E-state index in [2.05, 4.69) is 10.6 Å². The van der Waals surface area contributed by atoms with Crippen LogP contribution in [0.1, 0.15) is 23.5 Å². The second-order valence-corrected chi connectivity index (χ2v) is 8.03. The summed E-state index contributed by atoms with van der Waals surface area (Å²) >= 11 is 11.1. The van der Waals surface area contributed by atoms with Crippen LogP contribution >= 0.6 is 23.2 Å². The van der Waals surface area contributed by atoms with Gasteiger partial charge in [-0.2, -0.15) is 0 Å². The highest BCUT2D eigenvalue weighted by atomic mass is 35.5. The Bertz CT molecular complexity index is 905. The number of aliphatic carboxylic acids is 1. The van der Waals surface area contributed by atoms with Crippen LogP contribution in [0.25, 0.3) is 11.1 Å². The average molecular weight is 451 g/mol. The van der Waals surface area contributed by atoms with Crippen molar-refractivity contribution in [1.82, 2.24) is 10.6 Å². The van der Waals surface area contributed by atoms with Gasteiger partial charge in [0.2, 0.25) is 5.91 Å². The van der Waals surface area contributed by atoms with E-state index in [1.165, 1.54) is 0 Å². The maximum atomic E-state index is 12.3. The number of alkyl carbamates (subject to hydrolysis) is 1. The minimum absolute atomic E-state index is 0.0483. The lowest BCUT2D eigenvalue weighted by atomic mass is 9.98. The summed E-state index contributed by atoms with van der Waals surface area (Å²) in [7, 11) is 0. The van der Waals surface area contributed by atoms with E-state index in [9.17, 15) is 14.4 Å². The largest absolute Gasteiger partial charge is 0.481 e. The number of hydrogen-bond acceptors (Lipinski definition) is 4. The molecule has 0 saturated heterocycles. The molecule has 3 rings (SSSR count). The van der Waals surface area contributed by atoms with Crippen LogP contribution in [-0.2, 0) is 14.3 Å². The van der Waals surface area contributed by atoms with Crippen molar-refractivity contribution in [2.75, 3.05) is 13.2 Å². The lowest BCUT2D eigenvalue weighted by Crippen LogP contribution is -2.49. The zero-order chi connectivity index (χ0) is 21.7. The number of nitrogens with one attached hydrogen (secondary N) is 2. The van der Waals surface area contributed by atoms with E-state index in [-0.39, 0.29) is 19.1 Å². The summed E-state index contributed by atoms with van der Waals surface area (Å²) in [4.78, 5) is 34.6. The molecule has 2 aromatic carbocycles. The van der Waals surface area contributed by atoms with Gasteiger partial charge in [-0.3, -0.25) is 9.59 Å². The molecule has 3 N–H and O–H groups in total. The van der Waals surface area contributed by atoms with Crippen LogP contribution < -0.4 is 10.6 Å². The Morgan fingerprint density at radius 2 is 1.57 bits per heavy atom. The van der Waals surface area contributed by atoms with Crippen LogP contribution in [-0.4, -0.2) is 47.1 Å². The molecule has 158 valence electrons. The SMILES string of the molecule is O=C(O)CC(NC(=O)OCC1c2ccccc2-c2ccccc21)C(=O)NCC(Cl)Cl. The second-order valence-electron chi connectivity index (χ2n) is 6.76. The molecule has 9 heteroatoms. The van der Waals surface area contributed by atoms with Crippen molar-refractivity contribution in [1.29, 1.82) is 0 Å². The van der Waals surface area contributed by atoms with Crippen LogP contribution in [0, 0.1) is 0 Å². The van der Waals surface area contributed by atoms with Crippen molar-refractivity contribution in [2.24, 2.45) is 0 Å². The van der Waals surface area contributed by atoms with Crippen LogP contribution in [0.3, 0.4) is 0 Å². The van der Waals surface area contributed by atoms with E-state index in [0.29, 0.717) is 0 Å². The predicted octanol–water partition coefficient (Wildman–Crippen LogP) is 3.29. The number of carboxylic acid groups (broad SMARTS) is 1. The fourth-order valence-corrected chi connectivity index (χ4v) is 3.62. The van der Waals surface area contributed by atoms with Gasteiger partial charge >= 0.3 is 12.1 Å². The van der Waals surface area contributed by atoms with Gasteiger partial charge in [0.15, 0.2) is 0 Å². The number of fused-ring (bicyclic) bond motifs is 3. The van der Waals surface area contributed by atoms with E-state index >= 15 is 0 Å². The highest BCUT2D eigenvalue weighted by molar-refractivity contribution is 6.44. The van der Waals surface area contributed by atoms with Gasteiger partial charge in [-0.1, -0.05) is 48.5 Å². The molecule has 0 aliphatic heterocycles. The number of hydrogen-bond donors (Lipinski definition) is 3. The number of halogens is 2. The summed E-state index contributed by atoms with van der Waals surface area (Å²) in [5, 5.41) is 13.7. The molecule has 7 nitrogen and oxygen atoms in total. The quantitative estimate of drug-likeness (QED) is 0.535. The van der Waals surface area contributed by atoms with E-state index in [1.54, 1.807) is 0 Å². The van der Waals surface area contributed by atoms with Gasteiger partial charge in [0, 0.05) is 12.5 Å². The number of rotatable bonds is 8. The zero-order valence-corrected chi connectivity index (χ0v) is 17.3. The lowest BCUT2D eigenvalue weighted by molar-refractivity contribution is -0.139. The molecule has 30 heavy (non-hydrogen) atoms. The molecule has 1 unspecified atom stereocenters. The van der Waals surface area contributed by atoms with Crippen LogP contribution in [0.5, 0.6) is 0 Å². The molecule has 2 amide bonds. The van der Waals surface area contributed by atoms with Crippen LogP contribution in [0.15, 0.2) is 48.5 Å². The Kier molecular flexibility index (Phi) is 7.18. The molecular formula is C21H20Cl2N2O5. The summed E-state index contributed by atoms with van der Waals surface area (Å²) in [6, 6.07) is 14.4. The summed E-state index contributed by atoms with van der Waals surface area (Å²) in [5.74, 6) is -2.11. The summed E-state index contributed by atoms with van der Waals surface area (Å²) in [6.45, 7) is -0.0306. The number of carbonyl (C=O) groups excluding carboxylic acids is 2. The van der Waals surface area contributed by atoms with Gasteiger partial charge in [-0.05, 0) is 22.3 Å². The topological polar surface area (TPSA) is 105 Å². The minimum Gasteiger partial charge on any atom is -0.481 e. The van der Waals surface area contributed by atoms with E-state index in [4.69, 9.17) is 33.0 Å². The Morgan fingerprint density at radius 3 is 2.10 bits per heavy atom. The summed E-state index contributed by atoms with van der Waals surface area (Å²) < 4.78 is 5.35. The average Bonchev–Trinajstić information content (AvgIpc) is 3.03. The highest BCUT2D eigenvalue weighted by Gasteiger charge is 2.30. The number of ether oxygens (including phenoxy) is 1. The number of amides is 2. The maximum absolute atomic E-state index is 12.3. The Balaban J connectivity index is 1.65. The van der Waals surface area contributed by atoms with E-state index < -0.39 is 35.3 Å². The predicted molar refractivity (Wildman–Crippen MR) is 113 cm³/mol. The van der Waals surface area contributed by atoms with Crippen molar-refractivity contribution in [3.05, 3.63) is 59.7 Å². The van der Waals surface area contributed by atoms with Gasteiger partial charge < -0.3 is 20.5 Å². The number of carboxylic acids is 1. The maximum Gasteiger partial charge on any atom is 0.407 e. The van der Waals surface area contributed by atoms with Crippen LogP contribution in [0.2, 0.25) is 0 Å². The third-order valence-electron chi connectivity index (χ3n) is 4.76. The summed E-state index contributed by atoms with van der Waals surface area (Å²) in [5.41, 5.74) is 4.26. The second kappa shape index (κ2) is 9.82. The van der Waals surface area contributed by atoms with Gasteiger partial charge in [-0.15, -0.1) is 23.2 Å². The molecule has 1 aliphatic carbocycles. The third kappa shape index (κ3) is 5.23. The molecule has 0 spiro atoms. The van der Waals surface area contributed by atoms with Crippen molar-refractivity contribution in [2.45, 2.75) is 23.2 Å². The molecule has 2 aromatic rings. The van der Waals surface area contributed by atoms with E-state index in [1.807, 2.05) is 48.5 Å². The Morgan fingerprint density at radius 1 is 1.00 bits per heavy atom. The van der Waals surface area contributed by atoms with E-state index in [0.717, 1.165) is 22.3 Å². The first-order valence-corrected chi connectivity index (χ1v) is 10.1. The number of benzene rings is 2. The van der Waals surface area contributed by atoms with Gasteiger partial charge in [0.05, 0.1) is 6.42 Å². The minimum atomic E-state index is -1.31. The van der Waals surface area contributed by atoms with Crippen molar-refractivity contribution >= 4 is 41.2 Å². The smallest absolute Gasteiger partial charge is 0.407 e. The van der Waals surface area contributed by atoms with Crippen molar-refractivity contribution in [3.63, 3.8) is 0 Å². The Labute approximate surface area is 183 Å². The third-order valence-corrected chi connectivity index (χ3v) is 5.07. The van der Waals surface area contributed by atoms with Crippen molar-refractivity contribution in [3.8, 4) is 11.1 Å². The molecule has 0 heterocycles. The fourth-order valence-electron chi connectivity index (χ4n) is 3.47. The highest BCUT2D eigenvalue weighted by Crippen LogP contribution is 2.44. The molecule has 0 aromatic heterocycles. The molecule has 0 bridgehead atoms. The molecule has 0 fully saturated rings. The van der Waals surface area contributed by atoms with Gasteiger partial charge in [0.1, 0.15) is 17.5 Å². The first kappa shape index (κ1) is 21.9. The molecule has 0 radical (unpaired) electrons. The first-order chi connectivity index (χ1) is 14.4. The molecule has 1 atom stereocenters. The molecule has 1 aliphatic rings. The number of carbonyl (C=O) groups is 3. The standard InChI is InChI=1S/C21H20Cl2N2O5/c22-18(23)10-24-20(28)17(9-19(26)27)25-21(29)30-11-16-14-7-3-1-5-12(14)13-6-2-4-8-15(13)16/h1-8,16-18H,9-11H2,(H,24,28)(H,25,29)(H,26,27). The van der Waals surface area contributed by atoms with Crippen molar-refractivity contribution < 1.29 is 24.2 Å². The first-order valence-electron chi connectivity index (χ1n) is 9.26. The Hall–Kier alpha value is -2.77. The van der Waals surface area contributed by atoms with Gasteiger partial charge in [0.25, 0.3) is 0 Å². The zero-order valence-electron chi connectivity index (χ0n) is 15.8. The molecular weight excluding hydrogens is 431 g/mol. The molecule has 0 saturated carbocycles. The van der Waals surface area contributed by atoms with Crippen LogP contribution in [0.4, 0.5) is 4.79 Å². The lowest BCUT2D eigenvalue weighted by Gasteiger charge is -2.19. The van der Waals surface area contributed by atoms with Gasteiger partial charge in [-0.25, -0.2) is 4.79 Å². The number of alkyl halides is 2.